The van der Waals surface area contributed by atoms with Crippen molar-refractivity contribution >= 4 is 0 Å². The van der Waals surface area contributed by atoms with Gasteiger partial charge in [-0.15, -0.1) is 0 Å². The van der Waals surface area contributed by atoms with Crippen molar-refractivity contribution < 1.29 is 10.2 Å². The van der Waals surface area contributed by atoms with Crippen LogP contribution in [0.3, 0.4) is 0 Å². The fourth-order valence-electron chi connectivity index (χ4n) is 0.558. The van der Waals surface area contributed by atoms with E-state index in [0.29, 0.717) is 0 Å². The van der Waals surface area contributed by atoms with Crippen molar-refractivity contribution in [2.24, 2.45) is 0 Å². The molecule has 1 rings (SSSR count). The van der Waals surface area contributed by atoms with Gasteiger partial charge in [0.15, 0.2) is 0 Å². The van der Waals surface area contributed by atoms with Crippen molar-refractivity contribution in [1.82, 2.24) is 0 Å². The summed E-state index contributed by atoms with van der Waals surface area (Å²) in [6.45, 7) is 0. The second kappa shape index (κ2) is 1.73. The molecule has 1 aliphatic rings. The average Bonchev–Trinajstić information content (AvgIpc) is 1.65. The van der Waals surface area contributed by atoms with Gasteiger partial charge in [-0.3, -0.25) is 0 Å². The normalized spacial score (nSPS) is 23.8. The Morgan fingerprint density at radius 2 is 2.25 bits per heavy atom. The van der Waals surface area contributed by atoms with Gasteiger partial charge in [-0.1, -0.05) is 12.2 Å². The minimum Gasteiger partial charge on any atom is -0.359 e. The summed E-state index contributed by atoms with van der Waals surface area (Å²) in [6, 6.07) is 0. The smallest absolute Gasteiger partial charge is 0.210 e. The predicted octanol–water partition coefficient (Wildman–Crippen LogP) is -0.0134. The maximum Gasteiger partial charge on any atom is 0.210 e. The van der Waals surface area contributed by atoms with Crippen LogP contribution >= 0.6 is 0 Å². The second-order valence-corrected chi connectivity index (χ2v) is 1.71. The molecule has 0 fully saturated rings. The summed E-state index contributed by atoms with van der Waals surface area (Å²) < 4.78 is 0. The first-order valence-corrected chi connectivity index (χ1v) is 2.42. The van der Waals surface area contributed by atoms with E-state index < -0.39 is 5.79 Å². The maximum atomic E-state index is 8.70. The third-order valence-electron chi connectivity index (χ3n) is 0.919. The molecular weight excluding hydrogens is 104 g/mol. The van der Waals surface area contributed by atoms with Crippen LogP contribution in [0.25, 0.3) is 0 Å². The predicted molar refractivity (Wildman–Crippen MR) is 28.7 cm³/mol. The highest BCUT2D eigenvalue weighted by Gasteiger charge is 2.15. The fraction of sp³-hybridized carbons (Fsp3) is 0.333. The van der Waals surface area contributed by atoms with Crippen LogP contribution in [0.2, 0.25) is 0 Å². The summed E-state index contributed by atoms with van der Waals surface area (Å²) in [5, 5.41) is 17.4. The number of hydrogen-bond acceptors (Lipinski definition) is 2. The van der Waals surface area contributed by atoms with E-state index in [2.05, 4.69) is 6.08 Å². The van der Waals surface area contributed by atoms with Gasteiger partial charge in [0.1, 0.15) is 0 Å². The number of allylic oxidation sites excluding steroid dienone is 2. The lowest BCUT2D eigenvalue weighted by atomic mass is 10.1. The lowest BCUT2D eigenvalue weighted by molar-refractivity contribution is -0.0821. The van der Waals surface area contributed by atoms with E-state index in [1.54, 1.807) is 12.2 Å². The third kappa shape index (κ3) is 1.18. The van der Waals surface area contributed by atoms with Gasteiger partial charge in [-0.05, 0) is 12.5 Å². The summed E-state index contributed by atoms with van der Waals surface area (Å²) in [5.41, 5.74) is 0. The first-order valence-electron chi connectivity index (χ1n) is 2.42. The Labute approximate surface area is 47.8 Å². The van der Waals surface area contributed by atoms with Gasteiger partial charge in [0.05, 0.1) is 0 Å². The summed E-state index contributed by atoms with van der Waals surface area (Å²) in [4.78, 5) is 0. The first-order chi connectivity index (χ1) is 3.71. The van der Waals surface area contributed by atoms with E-state index in [1.165, 1.54) is 6.08 Å². The van der Waals surface area contributed by atoms with Crippen LogP contribution in [0.15, 0.2) is 18.2 Å². The van der Waals surface area contributed by atoms with E-state index in [9.17, 15) is 0 Å². The zero-order valence-corrected chi connectivity index (χ0v) is 4.33. The minimum absolute atomic E-state index is 0.739. The zero-order valence-electron chi connectivity index (χ0n) is 4.33. The summed E-state index contributed by atoms with van der Waals surface area (Å²) in [6.07, 6.45) is 7.66. The molecule has 0 saturated heterocycles. The van der Waals surface area contributed by atoms with Crippen LogP contribution in [0.1, 0.15) is 6.42 Å². The molecule has 8 heavy (non-hydrogen) atoms. The summed E-state index contributed by atoms with van der Waals surface area (Å²) in [5.74, 6) is -1.81. The van der Waals surface area contributed by atoms with E-state index in [1.807, 2.05) is 0 Å². The standard InChI is InChI=1S/C6H7O2/c7-6(8)4-2-1-3-5-6/h2-4,7-8H,1H2. The van der Waals surface area contributed by atoms with Crippen molar-refractivity contribution in [3.05, 3.63) is 24.3 Å². The van der Waals surface area contributed by atoms with Crippen molar-refractivity contribution in [2.45, 2.75) is 12.2 Å². The van der Waals surface area contributed by atoms with Gasteiger partial charge < -0.3 is 10.2 Å². The van der Waals surface area contributed by atoms with Gasteiger partial charge in [0.25, 0.3) is 0 Å². The van der Waals surface area contributed by atoms with Crippen LogP contribution in [0.5, 0.6) is 0 Å². The minimum atomic E-state index is -1.81. The van der Waals surface area contributed by atoms with E-state index in [0.717, 1.165) is 6.42 Å². The SMILES string of the molecule is OC1(O)[C]=CCC=C1. The Hall–Kier alpha value is -0.600. The van der Waals surface area contributed by atoms with Crippen LogP contribution < -0.4 is 0 Å². The molecular formula is C6H7O2. The Morgan fingerprint density at radius 1 is 1.50 bits per heavy atom. The van der Waals surface area contributed by atoms with Crippen LogP contribution in [-0.4, -0.2) is 16.0 Å². The fourth-order valence-corrected chi connectivity index (χ4v) is 0.558. The Morgan fingerprint density at radius 3 is 2.50 bits per heavy atom. The molecule has 1 aliphatic carbocycles. The van der Waals surface area contributed by atoms with Gasteiger partial charge in [0.2, 0.25) is 5.79 Å². The van der Waals surface area contributed by atoms with Gasteiger partial charge in [0, 0.05) is 6.08 Å². The van der Waals surface area contributed by atoms with Crippen molar-refractivity contribution in [3.8, 4) is 0 Å². The number of aliphatic hydroxyl groups is 2. The van der Waals surface area contributed by atoms with E-state index in [4.69, 9.17) is 10.2 Å². The van der Waals surface area contributed by atoms with Crippen molar-refractivity contribution in [2.75, 3.05) is 0 Å². The lowest BCUT2D eigenvalue weighted by Gasteiger charge is -2.12. The highest BCUT2D eigenvalue weighted by molar-refractivity contribution is 5.09. The average molecular weight is 111 g/mol. The molecule has 1 radical (unpaired) electrons. The maximum absolute atomic E-state index is 8.70. The molecule has 0 aromatic heterocycles. The first kappa shape index (κ1) is 5.54. The highest BCUT2D eigenvalue weighted by atomic mass is 16.5. The lowest BCUT2D eigenvalue weighted by Crippen LogP contribution is -2.23. The Kier molecular flexibility index (Phi) is 1.19. The molecule has 0 spiro atoms. The van der Waals surface area contributed by atoms with E-state index in [-0.39, 0.29) is 0 Å². The summed E-state index contributed by atoms with van der Waals surface area (Å²) >= 11 is 0. The quantitative estimate of drug-likeness (QED) is 0.341. The molecule has 0 unspecified atom stereocenters. The molecule has 0 amide bonds. The Balaban J connectivity index is 2.69. The van der Waals surface area contributed by atoms with Crippen molar-refractivity contribution in [3.63, 3.8) is 0 Å². The molecule has 0 aromatic rings. The summed E-state index contributed by atoms with van der Waals surface area (Å²) in [7, 11) is 0. The monoisotopic (exact) mass is 111 g/mol. The number of hydrogen-bond donors (Lipinski definition) is 2. The zero-order chi connectivity index (χ0) is 6.04. The van der Waals surface area contributed by atoms with Crippen LogP contribution in [0.4, 0.5) is 0 Å². The molecule has 2 nitrogen and oxygen atoms in total. The van der Waals surface area contributed by atoms with Gasteiger partial charge >= 0.3 is 0 Å². The Bertz CT molecular complexity index is 119. The topological polar surface area (TPSA) is 40.5 Å². The molecule has 0 heterocycles. The number of rotatable bonds is 0. The van der Waals surface area contributed by atoms with E-state index >= 15 is 0 Å². The van der Waals surface area contributed by atoms with Gasteiger partial charge in [-0.2, -0.15) is 0 Å². The molecule has 43 valence electrons. The second-order valence-electron chi connectivity index (χ2n) is 1.71. The molecule has 0 atom stereocenters. The van der Waals surface area contributed by atoms with Crippen LogP contribution in [-0.2, 0) is 0 Å². The molecule has 2 heteroatoms. The highest BCUT2D eigenvalue weighted by Crippen LogP contribution is 2.08. The molecule has 0 saturated carbocycles. The molecule has 0 aromatic carbocycles. The van der Waals surface area contributed by atoms with Crippen molar-refractivity contribution in [1.29, 1.82) is 0 Å². The molecule has 0 bridgehead atoms. The van der Waals surface area contributed by atoms with Gasteiger partial charge in [-0.25, -0.2) is 0 Å². The largest absolute Gasteiger partial charge is 0.359 e. The molecule has 0 aliphatic heterocycles. The molecule has 2 N–H and O–H groups in total. The van der Waals surface area contributed by atoms with Crippen LogP contribution in [0, 0.1) is 6.08 Å². The third-order valence-corrected chi connectivity index (χ3v) is 0.919.